The van der Waals surface area contributed by atoms with Gasteiger partial charge in [-0.15, -0.1) is 0 Å². The van der Waals surface area contributed by atoms with Gasteiger partial charge < -0.3 is 32.0 Å². The van der Waals surface area contributed by atoms with Crippen LogP contribution in [0.5, 0.6) is 0 Å². The summed E-state index contributed by atoms with van der Waals surface area (Å²) in [7, 11) is 0. The van der Waals surface area contributed by atoms with Crippen molar-refractivity contribution in [3.63, 3.8) is 0 Å². The van der Waals surface area contributed by atoms with Gasteiger partial charge in [-0.05, 0) is 6.42 Å². The average molecular weight is 265 g/mol. The van der Waals surface area contributed by atoms with Gasteiger partial charge in [-0.2, -0.15) is 9.97 Å². The lowest BCUT2D eigenvalue weighted by Gasteiger charge is -2.10. The molecule has 0 saturated carbocycles. The van der Waals surface area contributed by atoms with Crippen LogP contribution in [-0.4, -0.2) is 43.8 Å². The van der Waals surface area contributed by atoms with E-state index in [-0.39, 0.29) is 36.6 Å². The fourth-order valence-corrected chi connectivity index (χ4v) is 2.23. The maximum absolute atomic E-state index is 9.13. The Morgan fingerprint density at radius 1 is 1.32 bits per heavy atom. The number of rotatable bonds is 2. The SMILES string of the molecule is Nc1nc(N)c2[nH]c([C@H]3C[C@H](N)[C@@H](CO)O3)nc2n1. The van der Waals surface area contributed by atoms with Crippen LogP contribution in [-0.2, 0) is 4.74 Å². The Balaban J connectivity index is 1.96. The summed E-state index contributed by atoms with van der Waals surface area (Å²) in [6.45, 7) is -0.118. The molecule has 0 spiro atoms. The van der Waals surface area contributed by atoms with Crippen LogP contribution in [0.15, 0.2) is 0 Å². The summed E-state index contributed by atoms with van der Waals surface area (Å²) in [4.78, 5) is 15.2. The van der Waals surface area contributed by atoms with E-state index in [9.17, 15) is 0 Å². The number of nitrogens with two attached hydrogens (primary N) is 3. The molecule has 1 aliphatic rings. The number of aliphatic hydroxyl groups excluding tert-OH is 1. The number of anilines is 2. The van der Waals surface area contributed by atoms with E-state index in [1.165, 1.54) is 0 Å². The van der Waals surface area contributed by atoms with E-state index in [0.29, 0.717) is 23.4 Å². The molecule has 0 amide bonds. The fourth-order valence-electron chi connectivity index (χ4n) is 2.23. The molecule has 3 rings (SSSR count). The molecule has 0 bridgehead atoms. The smallest absolute Gasteiger partial charge is 0.224 e. The molecule has 0 aromatic carbocycles. The Morgan fingerprint density at radius 2 is 2.11 bits per heavy atom. The van der Waals surface area contributed by atoms with E-state index in [2.05, 4.69) is 19.9 Å². The Bertz CT molecular complexity index is 613. The summed E-state index contributed by atoms with van der Waals surface area (Å²) in [6, 6.07) is -0.225. The fraction of sp³-hybridized carbons (Fsp3) is 0.500. The van der Waals surface area contributed by atoms with Crippen LogP contribution in [0.1, 0.15) is 18.3 Å². The zero-order chi connectivity index (χ0) is 13.6. The molecule has 3 heterocycles. The number of nitrogen functional groups attached to an aromatic ring is 2. The first-order valence-electron chi connectivity index (χ1n) is 5.89. The number of hydrogen-bond donors (Lipinski definition) is 5. The number of H-pyrrole nitrogens is 1. The highest BCUT2D eigenvalue weighted by Gasteiger charge is 2.35. The molecule has 0 unspecified atom stereocenters. The van der Waals surface area contributed by atoms with E-state index in [1.54, 1.807) is 0 Å². The third kappa shape index (κ3) is 1.97. The lowest BCUT2D eigenvalue weighted by atomic mass is 10.1. The Labute approximate surface area is 108 Å². The molecule has 2 aromatic rings. The minimum absolute atomic E-state index is 0.0697. The van der Waals surface area contributed by atoms with Gasteiger partial charge in [-0.1, -0.05) is 0 Å². The van der Waals surface area contributed by atoms with Gasteiger partial charge in [-0.25, -0.2) is 4.98 Å². The summed E-state index contributed by atoms with van der Waals surface area (Å²) in [5.41, 5.74) is 18.0. The van der Waals surface area contributed by atoms with Crippen molar-refractivity contribution in [2.45, 2.75) is 24.7 Å². The molecule has 9 nitrogen and oxygen atoms in total. The first-order chi connectivity index (χ1) is 9.08. The van der Waals surface area contributed by atoms with Crippen LogP contribution in [0, 0.1) is 0 Å². The Morgan fingerprint density at radius 3 is 2.79 bits per heavy atom. The van der Waals surface area contributed by atoms with Crippen molar-refractivity contribution in [2.75, 3.05) is 18.1 Å². The molecule has 0 aliphatic carbocycles. The molecule has 3 atom stereocenters. The third-order valence-electron chi connectivity index (χ3n) is 3.20. The maximum Gasteiger partial charge on any atom is 0.224 e. The Hall–Kier alpha value is -1.97. The second kappa shape index (κ2) is 4.30. The monoisotopic (exact) mass is 265 g/mol. The first-order valence-corrected chi connectivity index (χ1v) is 5.89. The molecular formula is C10H15N7O2. The maximum atomic E-state index is 9.13. The minimum Gasteiger partial charge on any atom is -0.394 e. The van der Waals surface area contributed by atoms with Gasteiger partial charge in [0.1, 0.15) is 17.4 Å². The van der Waals surface area contributed by atoms with Crippen molar-refractivity contribution >= 4 is 22.9 Å². The number of aromatic amines is 1. The second-order valence-electron chi connectivity index (χ2n) is 4.53. The highest BCUT2D eigenvalue weighted by atomic mass is 16.5. The van der Waals surface area contributed by atoms with Crippen molar-refractivity contribution in [3.05, 3.63) is 5.82 Å². The van der Waals surface area contributed by atoms with Crippen LogP contribution < -0.4 is 17.2 Å². The lowest BCUT2D eigenvalue weighted by molar-refractivity contribution is 0.00411. The van der Waals surface area contributed by atoms with Gasteiger partial charge >= 0.3 is 0 Å². The number of hydrogen-bond acceptors (Lipinski definition) is 8. The third-order valence-corrected chi connectivity index (χ3v) is 3.20. The van der Waals surface area contributed by atoms with Gasteiger partial charge in [0.25, 0.3) is 0 Å². The zero-order valence-corrected chi connectivity index (χ0v) is 10.1. The van der Waals surface area contributed by atoms with Crippen LogP contribution in [0.3, 0.4) is 0 Å². The number of nitrogens with one attached hydrogen (secondary N) is 1. The van der Waals surface area contributed by atoms with Crippen LogP contribution in [0.25, 0.3) is 11.2 Å². The van der Waals surface area contributed by atoms with Gasteiger partial charge in [0.2, 0.25) is 5.95 Å². The molecule has 9 heteroatoms. The Kier molecular flexibility index (Phi) is 2.73. The predicted molar refractivity (Wildman–Crippen MR) is 67.8 cm³/mol. The van der Waals surface area contributed by atoms with Crippen LogP contribution >= 0.6 is 0 Å². The molecule has 8 N–H and O–H groups in total. The second-order valence-corrected chi connectivity index (χ2v) is 4.53. The molecule has 1 fully saturated rings. The van der Waals surface area contributed by atoms with Crippen molar-refractivity contribution < 1.29 is 9.84 Å². The van der Waals surface area contributed by atoms with Crippen LogP contribution in [0.4, 0.5) is 11.8 Å². The number of fused-ring (bicyclic) bond motifs is 1. The molecule has 2 aromatic heterocycles. The molecule has 102 valence electrons. The van der Waals surface area contributed by atoms with E-state index < -0.39 is 0 Å². The van der Waals surface area contributed by atoms with E-state index >= 15 is 0 Å². The molecule has 1 aliphatic heterocycles. The number of ether oxygens (including phenoxy) is 1. The highest BCUT2D eigenvalue weighted by molar-refractivity contribution is 5.82. The first kappa shape index (κ1) is 12.1. The zero-order valence-electron chi connectivity index (χ0n) is 10.1. The summed E-state index contributed by atoms with van der Waals surface area (Å²) < 4.78 is 5.62. The van der Waals surface area contributed by atoms with E-state index in [0.717, 1.165) is 0 Å². The van der Waals surface area contributed by atoms with Crippen molar-refractivity contribution in [1.29, 1.82) is 0 Å². The van der Waals surface area contributed by atoms with Gasteiger partial charge in [0, 0.05) is 6.04 Å². The summed E-state index contributed by atoms with van der Waals surface area (Å²) >= 11 is 0. The number of aliphatic hydroxyl groups is 1. The summed E-state index contributed by atoms with van der Waals surface area (Å²) in [6.07, 6.45) is -0.137. The normalized spacial score (nSPS) is 27.2. The minimum atomic E-state index is -0.383. The molecule has 1 saturated heterocycles. The summed E-state index contributed by atoms with van der Waals surface area (Å²) in [5.74, 6) is 0.871. The van der Waals surface area contributed by atoms with E-state index in [4.69, 9.17) is 27.0 Å². The lowest BCUT2D eigenvalue weighted by Crippen LogP contribution is -2.32. The number of nitrogens with zero attached hydrogens (tertiary/aromatic N) is 3. The van der Waals surface area contributed by atoms with E-state index in [1.807, 2.05) is 0 Å². The predicted octanol–water partition coefficient (Wildman–Crippen LogP) is -1.33. The van der Waals surface area contributed by atoms with Crippen molar-refractivity contribution in [1.82, 2.24) is 19.9 Å². The summed E-state index contributed by atoms with van der Waals surface area (Å²) in [5, 5.41) is 9.13. The number of imidazole rings is 1. The van der Waals surface area contributed by atoms with Gasteiger partial charge in [0.15, 0.2) is 11.5 Å². The quantitative estimate of drug-likeness (QED) is 0.446. The molecule has 0 radical (unpaired) electrons. The number of aromatic nitrogens is 4. The van der Waals surface area contributed by atoms with Crippen LogP contribution in [0.2, 0.25) is 0 Å². The average Bonchev–Trinajstić information content (AvgIpc) is 2.92. The highest BCUT2D eigenvalue weighted by Crippen LogP contribution is 2.31. The standard InChI is InChI=1S/C10H15N7O2/c11-3-1-4(19-5(3)2-18)8-14-6-7(12)15-10(13)17-9(6)16-8/h3-5,18H,1-2,11H2,(H5,12,13,14,15,16,17)/t3-,4+,5+/m0/s1. The van der Waals surface area contributed by atoms with Crippen molar-refractivity contribution in [3.8, 4) is 0 Å². The molecule has 19 heavy (non-hydrogen) atoms. The van der Waals surface area contributed by atoms with Gasteiger partial charge in [-0.3, -0.25) is 0 Å². The van der Waals surface area contributed by atoms with Gasteiger partial charge in [0.05, 0.1) is 12.7 Å². The topological polar surface area (TPSA) is 162 Å². The van der Waals surface area contributed by atoms with Crippen molar-refractivity contribution in [2.24, 2.45) is 5.73 Å². The molecular weight excluding hydrogens is 250 g/mol. The largest absolute Gasteiger partial charge is 0.394 e.